The fourth-order valence-corrected chi connectivity index (χ4v) is 1.86. The van der Waals surface area contributed by atoms with Crippen LogP contribution in [0, 0.1) is 0 Å². The molecule has 0 radical (unpaired) electrons. The van der Waals surface area contributed by atoms with Crippen LogP contribution in [-0.2, 0) is 6.54 Å². The summed E-state index contributed by atoms with van der Waals surface area (Å²) < 4.78 is 1.25. The third-order valence-corrected chi connectivity index (χ3v) is 2.68. The summed E-state index contributed by atoms with van der Waals surface area (Å²) in [5, 5.41) is 12.5. The molecular weight excluding hydrogens is 246 g/mol. The molecule has 0 saturated carbocycles. The maximum Gasteiger partial charge on any atom is 0.271 e. The van der Waals surface area contributed by atoms with Crippen molar-refractivity contribution in [3.63, 3.8) is 0 Å². The van der Waals surface area contributed by atoms with Gasteiger partial charge in [-0.1, -0.05) is 12.1 Å². The molecule has 1 aromatic carbocycles. The highest BCUT2D eigenvalue weighted by Gasteiger charge is 2.14. The Bertz CT molecular complexity index is 757. The van der Waals surface area contributed by atoms with E-state index in [-0.39, 0.29) is 18.3 Å². The van der Waals surface area contributed by atoms with Gasteiger partial charge >= 0.3 is 0 Å². The second-order valence-corrected chi connectivity index (χ2v) is 4.01. The molecule has 0 spiro atoms. The van der Waals surface area contributed by atoms with Crippen LogP contribution in [0.3, 0.4) is 0 Å². The predicted octanol–water partition coefficient (Wildman–Crippen LogP) is 0.133. The fraction of sp³-hybridized carbons (Fsp3) is 0.0909. The highest BCUT2D eigenvalue weighted by Crippen LogP contribution is 2.19. The molecule has 0 unspecified atom stereocenters. The summed E-state index contributed by atoms with van der Waals surface area (Å²) in [6.45, 7) is -0.0533. The number of aromatic nitrogens is 5. The van der Waals surface area contributed by atoms with Crippen LogP contribution in [0.5, 0.6) is 0 Å². The topological polar surface area (TPSA) is 118 Å². The number of nitrogen functional groups attached to an aromatic ring is 2. The molecule has 0 saturated heterocycles. The Kier molecular flexibility index (Phi) is 2.41. The zero-order valence-electron chi connectivity index (χ0n) is 9.89. The average Bonchev–Trinajstić information content (AvgIpc) is 2.95. The molecule has 4 N–H and O–H groups in total. The summed E-state index contributed by atoms with van der Waals surface area (Å²) in [5.74, 6) is 0.290. The molecule has 0 amide bonds. The molecule has 2 aromatic heterocycles. The minimum Gasteiger partial charge on any atom is -0.382 e. The Morgan fingerprint density at radius 3 is 2.74 bits per heavy atom. The van der Waals surface area contributed by atoms with Crippen LogP contribution >= 0.6 is 0 Å². The Labute approximate surface area is 107 Å². The third-order valence-electron chi connectivity index (χ3n) is 2.68. The van der Waals surface area contributed by atoms with Gasteiger partial charge < -0.3 is 11.5 Å². The molecule has 96 valence electrons. The van der Waals surface area contributed by atoms with Crippen LogP contribution < -0.4 is 11.5 Å². The summed E-state index contributed by atoms with van der Waals surface area (Å²) in [6.07, 6.45) is 1.38. The van der Waals surface area contributed by atoms with Gasteiger partial charge in [0.25, 0.3) is 5.91 Å². The van der Waals surface area contributed by atoms with E-state index >= 15 is 0 Å². The van der Waals surface area contributed by atoms with Crippen molar-refractivity contribution in [3.05, 3.63) is 30.5 Å². The first-order chi connectivity index (χ1) is 9.15. The molecule has 3 aromatic rings. The number of hydrogen-bond acceptors (Lipinski definition) is 6. The highest BCUT2D eigenvalue weighted by atomic mass is 16.2. The largest absolute Gasteiger partial charge is 0.382 e. The van der Waals surface area contributed by atoms with Crippen molar-refractivity contribution in [3.8, 4) is 0 Å². The highest BCUT2D eigenvalue weighted by molar-refractivity contribution is 5.96. The Morgan fingerprint density at radius 1 is 1.21 bits per heavy atom. The summed E-state index contributed by atoms with van der Waals surface area (Å²) in [5.41, 5.74) is 11.9. The lowest BCUT2D eigenvalue weighted by Crippen LogP contribution is -2.20. The van der Waals surface area contributed by atoms with Crippen molar-refractivity contribution in [2.45, 2.75) is 6.54 Å². The van der Waals surface area contributed by atoms with E-state index in [0.717, 1.165) is 5.39 Å². The first kappa shape index (κ1) is 11.2. The SMILES string of the molecule is Nc1cnn(CC(=O)n2nc(N)c3ccccc32)n1. The van der Waals surface area contributed by atoms with Gasteiger partial charge in [0.2, 0.25) is 0 Å². The minimum atomic E-state index is -0.288. The summed E-state index contributed by atoms with van der Waals surface area (Å²) in [7, 11) is 0. The maximum atomic E-state index is 12.2. The van der Waals surface area contributed by atoms with Crippen molar-refractivity contribution in [1.82, 2.24) is 24.8 Å². The van der Waals surface area contributed by atoms with Gasteiger partial charge in [-0.05, 0) is 12.1 Å². The number of benzene rings is 1. The van der Waals surface area contributed by atoms with Crippen molar-refractivity contribution in [2.75, 3.05) is 11.5 Å². The molecule has 2 heterocycles. The van der Waals surface area contributed by atoms with Crippen LogP contribution in [0.25, 0.3) is 10.9 Å². The molecule has 0 fully saturated rings. The number of carbonyl (C=O) groups is 1. The first-order valence-corrected chi connectivity index (χ1v) is 5.57. The lowest BCUT2D eigenvalue weighted by atomic mass is 10.2. The summed E-state index contributed by atoms with van der Waals surface area (Å²) >= 11 is 0. The molecule has 0 bridgehead atoms. The van der Waals surface area contributed by atoms with Crippen LogP contribution in [0.4, 0.5) is 11.6 Å². The molecule has 0 atom stereocenters. The Morgan fingerprint density at radius 2 is 2.00 bits per heavy atom. The quantitative estimate of drug-likeness (QED) is 0.673. The van der Waals surface area contributed by atoms with E-state index in [1.807, 2.05) is 18.2 Å². The van der Waals surface area contributed by atoms with E-state index < -0.39 is 0 Å². The van der Waals surface area contributed by atoms with Crippen molar-refractivity contribution >= 4 is 28.4 Å². The van der Waals surface area contributed by atoms with E-state index in [1.165, 1.54) is 15.7 Å². The second-order valence-electron chi connectivity index (χ2n) is 4.01. The molecule has 19 heavy (non-hydrogen) atoms. The summed E-state index contributed by atoms with van der Waals surface area (Å²) in [4.78, 5) is 13.4. The number of carbonyl (C=O) groups excluding carboxylic acids is 1. The van der Waals surface area contributed by atoms with Gasteiger partial charge in [-0.25, -0.2) is 0 Å². The number of nitrogens with two attached hydrogens (primary N) is 2. The van der Waals surface area contributed by atoms with Gasteiger partial charge in [-0.3, -0.25) is 4.79 Å². The van der Waals surface area contributed by atoms with E-state index in [4.69, 9.17) is 11.5 Å². The van der Waals surface area contributed by atoms with Crippen molar-refractivity contribution in [2.24, 2.45) is 0 Å². The van der Waals surface area contributed by atoms with Gasteiger partial charge in [0.1, 0.15) is 6.54 Å². The number of fused-ring (bicyclic) bond motifs is 1. The van der Waals surface area contributed by atoms with Crippen molar-refractivity contribution < 1.29 is 4.79 Å². The average molecular weight is 257 g/mol. The molecule has 8 nitrogen and oxygen atoms in total. The normalized spacial score (nSPS) is 10.9. The lowest BCUT2D eigenvalue weighted by molar-refractivity contribution is 0.0870. The van der Waals surface area contributed by atoms with E-state index in [2.05, 4.69) is 15.3 Å². The second kappa shape index (κ2) is 4.09. The number of para-hydroxylation sites is 1. The van der Waals surface area contributed by atoms with Gasteiger partial charge in [0.05, 0.1) is 11.7 Å². The van der Waals surface area contributed by atoms with Crippen LogP contribution in [0.15, 0.2) is 30.5 Å². The smallest absolute Gasteiger partial charge is 0.271 e. The zero-order valence-corrected chi connectivity index (χ0v) is 9.89. The monoisotopic (exact) mass is 257 g/mol. The van der Waals surface area contributed by atoms with E-state index in [9.17, 15) is 4.79 Å². The van der Waals surface area contributed by atoms with Gasteiger partial charge in [0.15, 0.2) is 11.6 Å². The van der Waals surface area contributed by atoms with Gasteiger partial charge in [-0.15, -0.1) is 10.2 Å². The van der Waals surface area contributed by atoms with E-state index in [1.54, 1.807) is 6.07 Å². The lowest BCUT2D eigenvalue weighted by Gasteiger charge is -2.01. The first-order valence-electron chi connectivity index (χ1n) is 5.57. The number of anilines is 2. The molecular formula is C11H11N7O. The number of hydrogen-bond donors (Lipinski definition) is 2. The van der Waals surface area contributed by atoms with Crippen LogP contribution in [-0.4, -0.2) is 30.7 Å². The predicted molar refractivity (Wildman–Crippen MR) is 69.2 cm³/mol. The maximum absolute atomic E-state index is 12.2. The molecule has 8 heteroatoms. The Hall–Kier alpha value is -2.90. The van der Waals surface area contributed by atoms with Crippen molar-refractivity contribution in [1.29, 1.82) is 0 Å². The van der Waals surface area contributed by atoms with Gasteiger partial charge in [-0.2, -0.15) is 14.6 Å². The number of rotatable bonds is 2. The van der Waals surface area contributed by atoms with Crippen LogP contribution in [0.2, 0.25) is 0 Å². The standard InChI is InChI=1S/C11H11N7O/c12-9-5-14-17(15-9)6-10(19)18-8-4-2-1-3-7(8)11(13)16-18/h1-5H,6H2,(H2,12,15)(H2,13,16). The molecule has 3 rings (SSSR count). The minimum absolute atomic E-state index is 0.0533. The zero-order chi connectivity index (χ0) is 13.4. The third kappa shape index (κ3) is 1.88. The fourth-order valence-electron chi connectivity index (χ4n) is 1.86. The number of nitrogens with zero attached hydrogens (tertiary/aromatic N) is 5. The molecule has 0 aliphatic carbocycles. The molecule has 0 aliphatic rings. The van der Waals surface area contributed by atoms with Gasteiger partial charge in [0, 0.05) is 5.39 Å². The Balaban J connectivity index is 1.98. The van der Waals surface area contributed by atoms with E-state index in [0.29, 0.717) is 11.3 Å². The van der Waals surface area contributed by atoms with Crippen LogP contribution in [0.1, 0.15) is 4.79 Å². The summed E-state index contributed by atoms with van der Waals surface area (Å²) in [6, 6.07) is 7.25. The molecule has 0 aliphatic heterocycles.